The zero-order valence-electron chi connectivity index (χ0n) is 12.0. The molecule has 4 nitrogen and oxygen atoms in total. The van der Waals surface area contributed by atoms with Gasteiger partial charge in [-0.05, 0) is 35.2 Å². The Morgan fingerprint density at radius 3 is 2.74 bits per heavy atom. The van der Waals surface area contributed by atoms with E-state index in [0.29, 0.717) is 0 Å². The van der Waals surface area contributed by atoms with E-state index in [1.54, 1.807) is 23.9 Å². The summed E-state index contributed by atoms with van der Waals surface area (Å²) in [5, 5.41) is 10.3. The number of furan rings is 1. The molecule has 0 unspecified atom stereocenters. The molecular weight excluding hydrogens is 306 g/mol. The number of benzene rings is 2. The second-order valence-electron chi connectivity index (χ2n) is 5.37. The predicted molar refractivity (Wildman–Crippen MR) is 92.4 cm³/mol. The van der Waals surface area contributed by atoms with Crippen LogP contribution in [0.25, 0.3) is 42.9 Å². The summed E-state index contributed by atoms with van der Waals surface area (Å²) >= 11 is 1.77. The first-order chi connectivity index (χ1) is 11.4. The highest BCUT2D eigenvalue weighted by atomic mass is 32.1. The fourth-order valence-corrected chi connectivity index (χ4v) is 3.87. The SMILES string of the molecule is c1nnc(-c2ccc3cc(-c4ccc5ccoc5c4)sc3c2)[nH]1. The topological polar surface area (TPSA) is 54.7 Å². The van der Waals surface area contributed by atoms with Gasteiger partial charge in [-0.1, -0.05) is 24.3 Å². The molecule has 0 amide bonds. The predicted octanol–water partition coefficient (Wildman–Crippen LogP) is 5.10. The zero-order chi connectivity index (χ0) is 15.2. The van der Waals surface area contributed by atoms with Gasteiger partial charge in [0.1, 0.15) is 11.9 Å². The Bertz CT molecular complexity index is 1120. The number of hydrogen-bond donors (Lipinski definition) is 1. The molecule has 0 aliphatic heterocycles. The molecule has 3 aromatic heterocycles. The summed E-state index contributed by atoms with van der Waals surface area (Å²) < 4.78 is 6.74. The van der Waals surface area contributed by atoms with Crippen molar-refractivity contribution in [1.82, 2.24) is 15.2 Å². The molecule has 23 heavy (non-hydrogen) atoms. The van der Waals surface area contributed by atoms with Crippen LogP contribution in [-0.2, 0) is 0 Å². The van der Waals surface area contributed by atoms with Crippen molar-refractivity contribution >= 4 is 32.4 Å². The molecule has 0 spiro atoms. The molecule has 0 fully saturated rings. The number of nitrogens with one attached hydrogen (secondary N) is 1. The minimum Gasteiger partial charge on any atom is -0.464 e. The van der Waals surface area contributed by atoms with Gasteiger partial charge in [-0.3, -0.25) is 0 Å². The first kappa shape index (κ1) is 12.6. The van der Waals surface area contributed by atoms with E-state index in [1.807, 2.05) is 6.07 Å². The third-order valence-electron chi connectivity index (χ3n) is 3.95. The molecule has 0 saturated heterocycles. The fraction of sp³-hybridized carbons (Fsp3) is 0. The quantitative estimate of drug-likeness (QED) is 0.493. The third kappa shape index (κ3) is 2.05. The summed E-state index contributed by atoms with van der Waals surface area (Å²) in [6.45, 7) is 0. The molecular formula is C18H11N3OS. The lowest BCUT2D eigenvalue weighted by Crippen LogP contribution is -1.79. The van der Waals surface area contributed by atoms with Gasteiger partial charge >= 0.3 is 0 Å². The average Bonchev–Trinajstić information content (AvgIpc) is 3.32. The molecule has 5 heteroatoms. The molecule has 2 aromatic carbocycles. The lowest BCUT2D eigenvalue weighted by atomic mass is 10.1. The zero-order valence-corrected chi connectivity index (χ0v) is 12.8. The minimum atomic E-state index is 0.791. The second-order valence-corrected chi connectivity index (χ2v) is 6.46. The van der Waals surface area contributed by atoms with Crippen LogP contribution in [0.15, 0.2) is 65.5 Å². The Labute approximate surface area is 135 Å². The van der Waals surface area contributed by atoms with Crippen LogP contribution in [-0.4, -0.2) is 15.2 Å². The van der Waals surface area contributed by atoms with Crippen molar-refractivity contribution in [3.05, 3.63) is 61.1 Å². The first-order valence-electron chi connectivity index (χ1n) is 7.24. The number of aromatic nitrogens is 3. The second kappa shape index (κ2) is 4.79. The highest BCUT2D eigenvalue weighted by molar-refractivity contribution is 7.22. The molecule has 0 aliphatic carbocycles. The molecule has 5 rings (SSSR count). The summed E-state index contributed by atoms with van der Waals surface area (Å²) in [5.41, 5.74) is 3.14. The van der Waals surface area contributed by atoms with Crippen molar-refractivity contribution in [3.63, 3.8) is 0 Å². The maximum absolute atomic E-state index is 5.51. The van der Waals surface area contributed by atoms with Gasteiger partial charge in [-0.2, -0.15) is 0 Å². The minimum absolute atomic E-state index is 0.791. The Balaban J connectivity index is 1.64. The number of thiophene rings is 1. The number of hydrogen-bond acceptors (Lipinski definition) is 4. The van der Waals surface area contributed by atoms with E-state index in [9.17, 15) is 0 Å². The number of rotatable bonds is 2. The van der Waals surface area contributed by atoms with Gasteiger partial charge in [0, 0.05) is 20.5 Å². The molecule has 1 N–H and O–H groups in total. The summed E-state index contributed by atoms with van der Waals surface area (Å²) in [6, 6.07) is 16.9. The Morgan fingerprint density at radius 1 is 0.913 bits per heavy atom. The van der Waals surface area contributed by atoms with Gasteiger partial charge in [0.05, 0.1) is 6.26 Å². The van der Waals surface area contributed by atoms with Crippen LogP contribution in [0.1, 0.15) is 0 Å². The highest BCUT2D eigenvalue weighted by Gasteiger charge is 2.08. The Hall–Kier alpha value is -2.92. The van der Waals surface area contributed by atoms with Gasteiger partial charge in [0.25, 0.3) is 0 Å². The monoisotopic (exact) mass is 317 g/mol. The molecule has 0 bridgehead atoms. The van der Waals surface area contributed by atoms with E-state index in [0.717, 1.165) is 22.4 Å². The maximum Gasteiger partial charge on any atom is 0.161 e. The number of aromatic amines is 1. The lowest BCUT2D eigenvalue weighted by Gasteiger charge is -1.96. The molecule has 3 heterocycles. The van der Waals surface area contributed by atoms with Crippen molar-refractivity contribution in [3.8, 4) is 21.8 Å². The summed E-state index contributed by atoms with van der Waals surface area (Å²) in [7, 11) is 0. The molecule has 0 saturated carbocycles. The molecule has 110 valence electrons. The van der Waals surface area contributed by atoms with E-state index in [1.165, 1.54) is 20.5 Å². The maximum atomic E-state index is 5.51. The lowest BCUT2D eigenvalue weighted by molar-refractivity contribution is 0.616. The van der Waals surface area contributed by atoms with Crippen molar-refractivity contribution in [2.45, 2.75) is 0 Å². The average molecular weight is 317 g/mol. The number of H-pyrrole nitrogens is 1. The Morgan fingerprint density at radius 2 is 1.83 bits per heavy atom. The van der Waals surface area contributed by atoms with Gasteiger partial charge in [0.15, 0.2) is 5.82 Å². The van der Waals surface area contributed by atoms with Crippen LogP contribution in [0.3, 0.4) is 0 Å². The highest BCUT2D eigenvalue weighted by Crippen LogP contribution is 2.36. The number of fused-ring (bicyclic) bond motifs is 2. The van der Waals surface area contributed by atoms with Gasteiger partial charge < -0.3 is 9.40 Å². The van der Waals surface area contributed by atoms with E-state index < -0.39 is 0 Å². The van der Waals surface area contributed by atoms with Crippen LogP contribution in [0.2, 0.25) is 0 Å². The van der Waals surface area contributed by atoms with E-state index in [4.69, 9.17) is 4.42 Å². The van der Waals surface area contributed by atoms with E-state index in [2.05, 4.69) is 57.6 Å². The molecule has 5 aromatic rings. The Kier molecular flexibility index (Phi) is 2.63. The summed E-state index contributed by atoms with van der Waals surface area (Å²) in [4.78, 5) is 4.27. The largest absolute Gasteiger partial charge is 0.464 e. The van der Waals surface area contributed by atoms with Crippen LogP contribution in [0, 0.1) is 0 Å². The van der Waals surface area contributed by atoms with Crippen LogP contribution >= 0.6 is 11.3 Å². The van der Waals surface area contributed by atoms with Gasteiger partial charge in [-0.25, -0.2) is 0 Å². The van der Waals surface area contributed by atoms with Crippen LogP contribution < -0.4 is 0 Å². The fourth-order valence-electron chi connectivity index (χ4n) is 2.78. The molecule has 0 atom stereocenters. The van der Waals surface area contributed by atoms with Crippen molar-refractivity contribution in [1.29, 1.82) is 0 Å². The van der Waals surface area contributed by atoms with E-state index in [-0.39, 0.29) is 0 Å². The summed E-state index contributed by atoms with van der Waals surface area (Å²) in [6.07, 6.45) is 3.32. The van der Waals surface area contributed by atoms with Crippen LogP contribution in [0.4, 0.5) is 0 Å². The molecule has 0 aliphatic rings. The van der Waals surface area contributed by atoms with Gasteiger partial charge in [0.2, 0.25) is 0 Å². The summed E-state index contributed by atoms with van der Waals surface area (Å²) in [5.74, 6) is 0.791. The van der Waals surface area contributed by atoms with Crippen molar-refractivity contribution in [2.24, 2.45) is 0 Å². The third-order valence-corrected chi connectivity index (χ3v) is 5.10. The standard InChI is InChI=1S/C18H11N3OS/c1-2-12(7-15-11(1)5-6-22-15)16-8-13-3-4-14(9-17(13)23-16)18-19-10-20-21-18/h1-10H,(H,19,20,21). The molecule has 0 radical (unpaired) electrons. The van der Waals surface area contributed by atoms with Crippen molar-refractivity contribution in [2.75, 3.05) is 0 Å². The van der Waals surface area contributed by atoms with E-state index >= 15 is 0 Å². The first-order valence-corrected chi connectivity index (χ1v) is 8.06. The number of nitrogens with zero attached hydrogens (tertiary/aromatic N) is 2. The van der Waals surface area contributed by atoms with Crippen molar-refractivity contribution < 1.29 is 4.42 Å². The van der Waals surface area contributed by atoms with Gasteiger partial charge in [-0.15, -0.1) is 21.5 Å². The normalized spacial score (nSPS) is 11.5. The van der Waals surface area contributed by atoms with Crippen LogP contribution in [0.5, 0.6) is 0 Å². The smallest absolute Gasteiger partial charge is 0.161 e.